The van der Waals surface area contributed by atoms with Crippen LogP contribution in [0.5, 0.6) is 0 Å². The highest BCUT2D eigenvalue weighted by Crippen LogP contribution is 2.23. The molecule has 0 aliphatic heterocycles. The summed E-state index contributed by atoms with van der Waals surface area (Å²) in [6.45, 7) is 3.11. The van der Waals surface area contributed by atoms with E-state index in [0.717, 1.165) is 41.4 Å². The molecule has 0 atom stereocenters. The maximum atomic E-state index is 4.66. The number of nitrogens with one attached hydrogen (secondary N) is 1. The fourth-order valence-corrected chi connectivity index (χ4v) is 3.06. The largest absolute Gasteiger partial charge is 0.370 e. The van der Waals surface area contributed by atoms with Crippen molar-refractivity contribution < 1.29 is 0 Å². The van der Waals surface area contributed by atoms with Crippen LogP contribution in [-0.4, -0.2) is 16.5 Å². The first-order valence-corrected chi connectivity index (χ1v) is 7.71. The lowest BCUT2D eigenvalue weighted by molar-refractivity contribution is 0.959. The van der Waals surface area contributed by atoms with Crippen LogP contribution in [0.15, 0.2) is 42.5 Å². The third kappa shape index (κ3) is 2.96. The Labute approximate surface area is 122 Å². The number of benzene rings is 1. The summed E-state index contributed by atoms with van der Waals surface area (Å²) in [5.41, 5.74) is 2.14. The van der Waals surface area contributed by atoms with Crippen LogP contribution in [0.4, 0.5) is 5.82 Å². The molecule has 2 heterocycles. The van der Waals surface area contributed by atoms with Crippen molar-refractivity contribution in [3.63, 3.8) is 0 Å². The standard InChI is InChI=1S/C16H17N3S/c1-2-10-17-15-9-5-6-12(18-15)11-16-19-13-7-3-4-8-14(13)20-16/h3-9H,2,10-11H2,1H3,(H,17,18). The number of anilines is 1. The van der Waals surface area contributed by atoms with E-state index in [0.29, 0.717) is 0 Å². The molecule has 0 saturated carbocycles. The second kappa shape index (κ2) is 6.01. The molecule has 0 saturated heterocycles. The van der Waals surface area contributed by atoms with Crippen molar-refractivity contribution in [1.29, 1.82) is 0 Å². The van der Waals surface area contributed by atoms with Gasteiger partial charge in [-0.3, -0.25) is 0 Å². The van der Waals surface area contributed by atoms with E-state index in [1.807, 2.05) is 18.2 Å². The van der Waals surface area contributed by atoms with Crippen molar-refractivity contribution in [2.24, 2.45) is 0 Å². The van der Waals surface area contributed by atoms with Gasteiger partial charge in [-0.1, -0.05) is 25.1 Å². The summed E-state index contributed by atoms with van der Waals surface area (Å²) in [5.74, 6) is 0.950. The minimum absolute atomic E-state index is 0.793. The van der Waals surface area contributed by atoms with E-state index >= 15 is 0 Å². The highest BCUT2D eigenvalue weighted by molar-refractivity contribution is 7.18. The molecule has 1 aromatic carbocycles. The molecule has 0 aliphatic rings. The maximum absolute atomic E-state index is 4.66. The summed E-state index contributed by atoms with van der Waals surface area (Å²) >= 11 is 1.74. The van der Waals surface area contributed by atoms with Gasteiger partial charge in [0.1, 0.15) is 5.82 Å². The number of hydrogen-bond acceptors (Lipinski definition) is 4. The smallest absolute Gasteiger partial charge is 0.126 e. The Hall–Kier alpha value is -1.94. The molecular weight excluding hydrogens is 266 g/mol. The number of pyridine rings is 1. The van der Waals surface area contributed by atoms with Crippen molar-refractivity contribution in [3.8, 4) is 0 Å². The van der Waals surface area contributed by atoms with E-state index in [1.165, 1.54) is 4.70 Å². The topological polar surface area (TPSA) is 37.8 Å². The Balaban J connectivity index is 1.79. The van der Waals surface area contributed by atoms with Gasteiger partial charge in [-0.05, 0) is 30.7 Å². The minimum atomic E-state index is 0.793. The van der Waals surface area contributed by atoms with Crippen LogP contribution < -0.4 is 5.32 Å². The van der Waals surface area contributed by atoms with Gasteiger partial charge >= 0.3 is 0 Å². The molecule has 0 aliphatic carbocycles. The molecule has 0 unspecified atom stereocenters. The summed E-state index contributed by atoms with van der Waals surface area (Å²) in [4.78, 5) is 9.29. The predicted molar refractivity (Wildman–Crippen MR) is 85.4 cm³/mol. The maximum Gasteiger partial charge on any atom is 0.126 e. The summed E-state index contributed by atoms with van der Waals surface area (Å²) < 4.78 is 1.24. The quantitative estimate of drug-likeness (QED) is 0.766. The van der Waals surface area contributed by atoms with Crippen LogP contribution in [0.2, 0.25) is 0 Å². The van der Waals surface area contributed by atoms with Crippen LogP contribution in [0.25, 0.3) is 10.2 Å². The second-order valence-electron chi connectivity index (χ2n) is 4.69. The molecule has 0 bridgehead atoms. The lowest BCUT2D eigenvalue weighted by Crippen LogP contribution is -2.03. The van der Waals surface area contributed by atoms with Gasteiger partial charge in [0, 0.05) is 18.7 Å². The van der Waals surface area contributed by atoms with Crippen LogP contribution >= 0.6 is 11.3 Å². The molecule has 20 heavy (non-hydrogen) atoms. The highest BCUT2D eigenvalue weighted by atomic mass is 32.1. The van der Waals surface area contributed by atoms with Gasteiger partial charge < -0.3 is 5.32 Å². The van der Waals surface area contributed by atoms with Crippen molar-refractivity contribution in [2.45, 2.75) is 19.8 Å². The molecule has 3 rings (SSSR count). The predicted octanol–water partition coefficient (Wildman–Crippen LogP) is 4.10. The molecule has 0 fully saturated rings. The van der Waals surface area contributed by atoms with Crippen molar-refractivity contribution in [1.82, 2.24) is 9.97 Å². The van der Waals surface area contributed by atoms with Crippen LogP contribution in [0.1, 0.15) is 24.0 Å². The number of rotatable bonds is 5. The summed E-state index contributed by atoms with van der Waals surface area (Å²) in [6, 6.07) is 14.4. The zero-order valence-electron chi connectivity index (χ0n) is 11.5. The van der Waals surface area contributed by atoms with Crippen molar-refractivity contribution in [2.75, 3.05) is 11.9 Å². The molecule has 1 N–H and O–H groups in total. The van der Waals surface area contributed by atoms with Crippen LogP contribution in [0.3, 0.4) is 0 Å². The van der Waals surface area contributed by atoms with E-state index in [2.05, 4.69) is 46.5 Å². The summed E-state index contributed by atoms with van der Waals surface area (Å²) in [6.07, 6.45) is 1.89. The molecule has 4 heteroatoms. The Morgan fingerprint density at radius 1 is 1.05 bits per heavy atom. The summed E-state index contributed by atoms with van der Waals surface area (Å²) in [7, 11) is 0. The van der Waals surface area contributed by atoms with Gasteiger partial charge in [0.25, 0.3) is 0 Å². The van der Waals surface area contributed by atoms with Gasteiger partial charge in [0.15, 0.2) is 0 Å². The Morgan fingerprint density at radius 2 is 1.95 bits per heavy atom. The van der Waals surface area contributed by atoms with Gasteiger partial charge in [-0.25, -0.2) is 9.97 Å². The third-order valence-corrected chi connectivity index (χ3v) is 4.07. The van der Waals surface area contributed by atoms with E-state index in [9.17, 15) is 0 Å². The van der Waals surface area contributed by atoms with Gasteiger partial charge in [0.05, 0.1) is 15.2 Å². The second-order valence-corrected chi connectivity index (χ2v) is 5.81. The molecule has 2 aromatic heterocycles. The number of thiazole rings is 1. The number of nitrogens with zero attached hydrogens (tertiary/aromatic N) is 2. The molecule has 3 aromatic rings. The van der Waals surface area contributed by atoms with Gasteiger partial charge in [-0.15, -0.1) is 11.3 Å². The zero-order chi connectivity index (χ0) is 13.8. The molecule has 102 valence electrons. The monoisotopic (exact) mass is 283 g/mol. The van der Waals surface area contributed by atoms with Crippen LogP contribution in [0, 0.1) is 0 Å². The van der Waals surface area contributed by atoms with Crippen LogP contribution in [-0.2, 0) is 6.42 Å². The Kier molecular flexibility index (Phi) is 3.92. The van der Waals surface area contributed by atoms with E-state index in [1.54, 1.807) is 11.3 Å². The first-order valence-electron chi connectivity index (χ1n) is 6.89. The fourth-order valence-electron chi connectivity index (χ4n) is 2.08. The third-order valence-electron chi connectivity index (χ3n) is 3.03. The molecule has 0 radical (unpaired) electrons. The van der Waals surface area contributed by atoms with Gasteiger partial charge in [-0.2, -0.15) is 0 Å². The molecule has 3 nitrogen and oxygen atoms in total. The Morgan fingerprint density at radius 3 is 2.80 bits per heavy atom. The average molecular weight is 283 g/mol. The van der Waals surface area contributed by atoms with E-state index in [4.69, 9.17) is 0 Å². The number of fused-ring (bicyclic) bond motifs is 1. The first-order chi connectivity index (χ1) is 9.85. The molecular formula is C16H17N3S. The average Bonchev–Trinajstić information content (AvgIpc) is 2.87. The number of aromatic nitrogens is 2. The van der Waals surface area contributed by atoms with Crippen molar-refractivity contribution in [3.05, 3.63) is 53.2 Å². The molecule has 0 spiro atoms. The lowest BCUT2D eigenvalue weighted by Gasteiger charge is -2.05. The molecule has 0 amide bonds. The highest BCUT2D eigenvalue weighted by Gasteiger charge is 2.05. The SMILES string of the molecule is CCCNc1cccc(Cc2nc3ccccc3s2)n1. The summed E-state index contributed by atoms with van der Waals surface area (Å²) in [5, 5.41) is 4.44. The van der Waals surface area contributed by atoms with E-state index < -0.39 is 0 Å². The van der Waals surface area contributed by atoms with Crippen molar-refractivity contribution >= 4 is 27.4 Å². The number of hydrogen-bond donors (Lipinski definition) is 1. The first kappa shape index (κ1) is 13.1. The minimum Gasteiger partial charge on any atom is -0.370 e. The number of para-hydroxylation sites is 1. The van der Waals surface area contributed by atoms with Gasteiger partial charge in [0.2, 0.25) is 0 Å². The van der Waals surface area contributed by atoms with E-state index in [-0.39, 0.29) is 0 Å². The lowest BCUT2D eigenvalue weighted by atomic mass is 10.2. The zero-order valence-corrected chi connectivity index (χ0v) is 12.3. The fraction of sp³-hybridized carbons (Fsp3) is 0.250. The Bertz CT molecular complexity index is 673. The normalized spacial score (nSPS) is 10.8.